The van der Waals surface area contributed by atoms with E-state index in [1.54, 1.807) is 23.3 Å². The average molecular weight is 418 g/mol. The van der Waals surface area contributed by atoms with E-state index < -0.39 is 0 Å². The lowest BCUT2D eigenvalue weighted by Gasteiger charge is -2.07. The van der Waals surface area contributed by atoms with E-state index in [0.717, 1.165) is 21.5 Å². The second-order valence-corrected chi connectivity index (χ2v) is 6.92. The molecule has 2 aromatic heterocycles. The molecule has 8 heteroatoms. The normalized spacial score (nSPS) is 11.0. The van der Waals surface area contributed by atoms with Crippen LogP contribution >= 0.6 is 15.9 Å². The number of benzene rings is 1. The molecule has 0 bridgehead atoms. The fourth-order valence-electron chi connectivity index (χ4n) is 2.86. The molecular formula is C18H20BrN5O2. The SMILES string of the molecule is Cc1nn(CC(=O)Nc2c(C)n(C)n(-c3ccccc3)c2=O)c(C)c1Br. The average Bonchev–Trinajstić information content (AvgIpc) is 2.98. The Balaban J connectivity index is 1.90. The number of carbonyl (C=O) groups is 1. The van der Waals surface area contributed by atoms with Gasteiger partial charge in [0.1, 0.15) is 12.2 Å². The van der Waals surface area contributed by atoms with Crippen LogP contribution in [0.25, 0.3) is 5.69 Å². The Kier molecular flexibility index (Phi) is 4.86. The van der Waals surface area contributed by atoms with Gasteiger partial charge >= 0.3 is 0 Å². The number of halogens is 1. The zero-order valence-corrected chi connectivity index (χ0v) is 16.7. The number of hydrogen-bond donors (Lipinski definition) is 1. The van der Waals surface area contributed by atoms with Crippen LogP contribution in [0.1, 0.15) is 17.1 Å². The zero-order valence-electron chi connectivity index (χ0n) is 15.1. The van der Waals surface area contributed by atoms with Crippen LogP contribution in [0.2, 0.25) is 0 Å². The van der Waals surface area contributed by atoms with Crippen LogP contribution in [0, 0.1) is 20.8 Å². The van der Waals surface area contributed by atoms with Crippen molar-refractivity contribution in [3.8, 4) is 5.69 Å². The van der Waals surface area contributed by atoms with Crippen molar-refractivity contribution < 1.29 is 4.79 Å². The van der Waals surface area contributed by atoms with E-state index in [2.05, 4.69) is 26.3 Å². The lowest BCUT2D eigenvalue weighted by atomic mass is 10.3. The van der Waals surface area contributed by atoms with Gasteiger partial charge in [-0.1, -0.05) is 18.2 Å². The molecule has 0 fully saturated rings. The highest BCUT2D eigenvalue weighted by Crippen LogP contribution is 2.20. The van der Waals surface area contributed by atoms with Gasteiger partial charge in [0.2, 0.25) is 5.91 Å². The van der Waals surface area contributed by atoms with Gasteiger partial charge in [0.25, 0.3) is 5.56 Å². The molecule has 2 heterocycles. The number of anilines is 1. The second kappa shape index (κ2) is 6.95. The Labute approximate surface area is 159 Å². The van der Waals surface area contributed by atoms with Crippen LogP contribution in [0.4, 0.5) is 5.69 Å². The van der Waals surface area contributed by atoms with Crippen LogP contribution in [-0.4, -0.2) is 25.1 Å². The van der Waals surface area contributed by atoms with E-state index in [-0.39, 0.29) is 23.7 Å². The summed E-state index contributed by atoms with van der Waals surface area (Å²) in [4.78, 5) is 25.3. The Morgan fingerprint density at radius 1 is 1.15 bits per heavy atom. The van der Waals surface area contributed by atoms with Crippen LogP contribution in [0.3, 0.4) is 0 Å². The summed E-state index contributed by atoms with van der Waals surface area (Å²) in [6.07, 6.45) is 0. The molecule has 1 amide bonds. The number of para-hydroxylation sites is 1. The minimum atomic E-state index is -0.297. The van der Waals surface area contributed by atoms with E-state index in [4.69, 9.17) is 0 Å². The van der Waals surface area contributed by atoms with E-state index in [0.29, 0.717) is 5.69 Å². The number of rotatable bonds is 4. The van der Waals surface area contributed by atoms with E-state index in [1.807, 2.05) is 44.2 Å². The van der Waals surface area contributed by atoms with E-state index in [1.165, 1.54) is 4.68 Å². The van der Waals surface area contributed by atoms with Crippen molar-refractivity contribution in [2.45, 2.75) is 27.3 Å². The summed E-state index contributed by atoms with van der Waals surface area (Å²) >= 11 is 3.45. The van der Waals surface area contributed by atoms with Crippen molar-refractivity contribution in [2.24, 2.45) is 7.05 Å². The molecule has 0 saturated carbocycles. The van der Waals surface area contributed by atoms with Crippen molar-refractivity contribution in [3.05, 3.63) is 62.2 Å². The quantitative estimate of drug-likeness (QED) is 0.708. The molecule has 0 atom stereocenters. The molecule has 26 heavy (non-hydrogen) atoms. The Morgan fingerprint density at radius 2 is 1.81 bits per heavy atom. The second-order valence-electron chi connectivity index (χ2n) is 6.13. The molecule has 0 unspecified atom stereocenters. The first-order chi connectivity index (χ1) is 12.3. The fourth-order valence-corrected chi connectivity index (χ4v) is 3.14. The summed E-state index contributed by atoms with van der Waals surface area (Å²) in [6, 6.07) is 9.31. The maximum Gasteiger partial charge on any atom is 0.295 e. The third-order valence-electron chi connectivity index (χ3n) is 4.41. The van der Waals surface area contributed by atoms with Crippen molar-refractivity contribution in [1.29, 1.82) is 0 Å². The Hall–Kier alpha value is -2.61. The van der Waals surface area contributed by atoms with E-state index >= 15 is 0 Å². The summed E-state index contributed by atoms with van der Waals surface area (Å²) < 4.78 is 5.76. The summed E-state index contributed by atoms with van der Waals surface area (Å²) in [7, 11) is 1.79. The molecule has 0 aliphatic carbocycles. The predicted molar refractivity (Wildman–Crippen MR) is 104 cm³/mol. The first-order valence-electron chi connectivity index (χ1n) is 8.14. The largest absolute Gasteiger partial charge is 0.318 e. The van der Waals surface area contributed by atoms with Gasteiger partial charge in [-0.05, 0) is 48.8 Å². The summed E-state index contributed by atoms with van der Waals surface area (Å²) in [5.74, 6) is -0.297. The van der Waals surface area contributed by atoms with Crippen molar-refractivity contribution in [2.75, 3.05) is 5.32 Å². The van der Waals surface area contributed by atoms with Gasteiger partial charge in [0.15, 0.2) is 0 Å². The monoisotopic (exact) mass is 417 g/mol. The van der Waals surface area contributed by atoms with Crippen molar-refractivity contribution in [1.82, 2.24) is 19.1 Å². The first-order valence-corrected chi connectivity index (χ1v) is 8.94. The van der Waals surface area contributed by atoms with Gasteiger partial charge in [-0.2, -0.15) is 5.10 Å². The van der Waals surface area contributed by atoms with Gasteiger partial charge in [0, 0.05) is 7.05 Å². The molecular weight excluding hydrogens is 398 g/mol. The topological polar surface area (TPSA) is 73.8 Å². The standard InChI is InChI=1S/C18H20BrN5O2/c1-11-16(19)12(2)23(21-11)10-15(25)20-17-13(3)22(4)24(18(17)26)14-8-6-5-7-9-14/h5-9H,10H2,1-4H3,(H,20,25). The smallest absolute Gasteiger partial charge is 0.295 e. The van der Waals surface area contributed by atoms with Gasteiger partial charge < -0.3 is 5.32 Å². The van der Waals surface area contributed by atoms with Gasteiger partial charge in [0.05, 0.1) is 27.2 Å². The summed E-state index contributed by atoms with van der Waals surface area (Å²) in [5, 5.41) is 7.07. The lowest BCUT2D eigenvalue weighted by molar-refractivity contribution is -0.116. The number of hydrogen-bond acceptors (Lipinski definition) is 3. The molecule has 0 aliphatic heterocycles. The molecule has 0 aliphatic rings. The van der Waals surface area contributed by atoms with E-state index in [9.17, 15) is 9.59 Å². The number of nitrogens with one attached hydrogen (secondary N) is 1. The third-order valence-corrected chi connectivity index (χ3v) is 5.55. The Bertz CT molecular complexity index is 1030. The summed E-state index contributed by atoms with van der Waals surface area (Å²) in [6.45, 7) is 5.59. The van der Waals surface area contributed by atoms with Gasteiger partial charge in [-0.3, -0.25) is 19.0 Å². The molecule has 1 N–H and O–H groups in total. The minimum Gasteiger partial charge on any atom is -0.318 e. The maximum atomic E-state index is 12.8. The molecule has 0 spiro atoms. The van der Waals surface area contributed by atoms with Gasteiger partial charge in [-0.25, -0.2) is 4.68 Å². The molecule has 7 nitrogen and oxygen atoms in total. The van der Waals surface area contributed by atoms with Gasteiger partial charge in [-0.15, -0.1) is 0 Å². The van der Waals surface area contributed by atoms with Crippen LogP contribution < -0.4 is 10.9 Å². The summed E-state index contributed by atoms with van der Waals surface area (Å²) in [5.41, 5.74) is 3.12. The van der Waals surface area contributed by atoms with Crippen molar-refractivity contribution in [3.63, 3.8) is 0 Å². The lowest BCUT2D eigenvalue weighted by Crippen LogP contribution is -2.25. The third kappa shape index (κ3) is 3.12. The number of carbonyl (C=O) groups excluding carboxylic acids is 1. The maximum absolute atomic E-state index is 12.8. The molecule has 1 aromatic carbocycles. The number of nitrogens with zero attached hydrogens (tertiary/aromatic N) is 4. The highest BCUT2D eigenvalue weighted by molar-refractivity contribution is 9.10. The fraction of sp³-hybridized carbons (Fsp3) is 0.278. The number of aryl methyl sites for hydroxylation is 1. The first kappa shape index (κ1) is 18.2. The molecule has 3 aromatic rings. The van der Waals surface area contributed by atoms with Crippen LogP contribution in [-0.2, 0) is 18.4 Å². The Morgan fingerprint density at radius 3 is 2.38 bits per heavy atom. The van der Waals surface area contributed by atoms with Crippen molar-refractivity contribution >= 4 is 27.5 Å². The molecule has 0 saturated heterocycles. The molecule has 0 radical (unpaired) electrons. The highest BCUT2D eigenvalue weighted by Gasteiger charge is 2.19. The zero-order chi connectivity index (χ0) is 19.0. The van der Waals surface area contributed by atoms with Crippen LogP contribution in [0.15, 0.2) is 39.6 Å². The van der Waals surface area contributed by atoms with Crippen LogP contribution in [0.5, 0.6) is 0 Å². The minimum absolute atomic E-state index is 0.0391. The number of aromatic nitrogens is 4. The predicted octanol–water partition coefficient (Wildman–Crippen LogP) is 2.70. The number of amides is 1. The molecule has 136 valence electrons. The molecule has 3 rings (SSSR count). The highest BCUT2D eigenvalue weighted by atomic mass is 79.9.